The molecular formula is HClNPS2. The fourth-order valence-electron chi connectivity index (χ4n) is 0.0141. The van der Waals surface area contributed by atoms with Crippen LogP contribution in [0, 0.1) is 0 Å². The van der Waals surface area contributed by atoms with Crippen molar-refractivity contribution in [2.45, 2.75) is 0 Å². The first kappa shape index (κ1) is 6.12. The van der Waals surface area contributed by atoms with Gasteiger partial charge in [0.15, 0.2) is 0 Å². The van der Waals surface area contributed by atoms with Crippen LogP contribution in [0.2, 0.25) is 0 Å². The standard InChI is InChI=1S/ClHNPS2/c1-5-2-3-4/h(H,2,4). The van der Waals surface area contributed by atoms with Crippen molar-refractivity contribution in [2.75, 3.05) is 0 Å². The van der Waals surface area contributed by atoms with Crippen LogP contribution < -0.4 is 4.49 Å². The van der Waals surface area contributed by atoms with E-state index in [1.165, 1.54) is 0 Å². The zero-order valence-corrected chi connectivity index (χ0v) is 5.43. The van der Waals surface area contributed by atoms with E-state index < -0.39 is 0 Å². The average molecular weight is 146 g/mol. The van der Waals surface area contributed by atoms with Gasteiger partial charge in [-0.25, -0.2) is 0 Å². The molecule has 0 bridgehead atoms. The first-order valence-corrected chi connectivity index (χ1v) is 4.32. The molecule has 0 radical (unpaired) electrons. The number of nitrogens with one attached hydrogen (secondary N) is 1. The van der Waals surface area contributed by atoms with Gasteiger partial charge in [-0.05, 0) is 22.5 Å². The van der Waals surface area contributed by atoms with Crippen molar-refractivity contribution in [1.29, 1.82) is 0 Å². The van der Waals surface area contributed by atoms with Gasteiger partial charge in [-0.2, -0.15) is 4.49 Å². The molecule has 0 aromatic heterocycles. The zero-order valence-electron chi connectivity index (χ0n) is 2.14. The average Bonchev–Trinajstić information content (AvgIpc) is 1.41. The predicted molar refractivity (Wildman–Crippen MR) is 30.9 cm³/mol. The molecule has 1 N–H and O–H groups in total. The highest BCUT2D eigenvalue weighted by atomic mass is 35.7. The maximum absolute atomic E-state index is 5.03. The first-order chi connectivity index (χ1) is 2.41. The summed E-state index contributed by atoms with van der Waals surface area (Å²) in [5.41, 5.74) is 0. The van der Waals surface area contributed by atoms with Crippen LogP contribution in [-0.4, -0.2) is 0 Å². The molecule has 30 valence electrons. The van der Waals surface area contributed by atoms with Crippen LogP contribution in [0.3, 0.4) is 0 Å². The summed E-state index contributed by atoms with van der Waals surface area (Å²) in [5, 5.41) is 0. The summed E-state index contributed by atoms with van der Waals surface area (Å²) in [4.78, 5) is 0. The Balaban J connectivity index is 2.40. The lowest BCUT2D eigenvalue weighted by atomic mass is 13.9. The van der Waals surface area contributed by atoms with Gasteiger partial charge in [-0.15, -0.1) is 0 Å². The highest BCUT2D eigenvalue weighted by Gasteiger charge is 1.63. The molecule has 0 aromatic carbocycles. The molecule has 0 aliphatic heterocycles. The second kappa shape index (κ2) is 5.12. The topological polar surface area (TPSA) is 12.0 Å². The fourth-order valence-corrected chi connectivity index (χ4v) is 1.14. The van der Waals surface area contributed by atoms with Gasteiger partial charge in [0.2, 0.25) is 0 Å². The van der Waals surface area contributed by atoms with Crippen LogP contribution in [-0.2, 0) is 11.8 Å². The van der Waals surface area contributed by atoms with Gasteiger partial charge in [-0.3, -0.25) is 0 Å². The van der Waals surface area contributed by atoms with Gasteiger partial charge >= 0.3 is 0 Å². The Morgan fingerprint density at radius 2 is 2.60 bits per heavy atom. The van der Waals surface area contributed by atoms with E-state index in [1.54, 1.807) is 0 Å². The second-order valence-corrected chi connectivity index (χ2v) is 2.34. The molecule has 1 nitrogen and oxygen atoms in total. The van der Waals surface area contributed by atoms with E-state index in [2.05, 4.69) is 16.3 Å². The van der Waals surface area contributed by atoms with Gasteiger partial charge in [0.1, 0.15) is 0 Å². The third-order valence-corrected chi connectivity index (χ3v) is 1.94. The highest BCUT2D eigenvalue weighted by Crippen LogP contribution is 2.02. The summed E-state index contributed by atoms with van der Waals surface area (Å²) in [7, 11) is 5.73. The predicted octanol–water partition coefficient (Wildman–Crippen LogP) is 1.70. The van der Waals surface area contributed by atoms with Crippen LogP contribution in [0.4, 0.5) is 0 Å². The van der Waals surface area contributed by atoms with Crippen LogP contribution in [0.5, 0.6) is 0 Å². The van der Waals surface area contributed by atoms with Gasteiger partial charge in [0.05, 0.1) is 7.51 Å². The Morgan fingerprint density at radius 1 is 2.00 bits per heavy atom. The first-order valence-electron chi connectivity index (χ1n) is 0.765. The molecule has 0 aliphatic carbocycles. The number of hydrogen-bond acceptors (Lipinski definition) is 2. The lowest BCUT2D eigenvalue weighted by Crippen LogP contribution is -1.68. The van der Waals surface area contributed by atoms with Crippen LogP contribution >= 0.6 is 29.4 Å². The molecule has 0 aromatic rings. The van der Waals surface area contributed by atoms with Crippen molar-refractivity contribution in [1.82, 2.24) is 4.49 Å². The van der Waals surface area contributed by atoms with Gasteiger partial charge < -0.3 is 0 Å². The molecule has 0 heterocycles. The van der Waals surface area contributed by atoms with E-state index in [-0.39, 0.29) is 0 Å². The summed E-state index contributed by atoms with van der Waals surface area (Å²) < 4.78 is 2.58. The van der Waals surface area contributed by atoms with Crippen molar-refractivity contribution in [3.63, 3.8) is 0 Å². The van der Waals surface area contributed by atoms with E-state index in [9.17, 15) is 0 Å². The van der Waals surface area contributed by atoms with Crippen molar-refractivity contribution >= 4 is 41.2 Å². The fraction of sp³-hybridized carbons (Fsp3) is 0. The Labute approximate surface area is 46.0 Å². The lowest BCUT2D eigenvalue weighted by Gasteiger charge is -1.72. The van der Waals surface area contributed by atoms with E-state index >= 15 is 0 Å². The molecule has 0 saturated carbocycles. The highest BCUT2D eigenvalue weighted by molar-refractivity contribution is 8.23. The molecule has 5 heteroatoms. The molecule has 0 rings (SSSR count). The van der Waals surface area contributed by atoms with E-state index in [4.69, 9.17) is 10.7 Å². The summed E-state index contributed by atoms with van der Waals surface area (Å²) in [6, 6.07) is 0. The normalized spacial score (nSPS) is 9.00. The Hall–Kier alpha value is 1.12. The van der Waals surface area contributed by atoms with Crippen molar-refractivity contribution < 1.29 is 0 Å². The molecule has 5 heavy (non-hydrogen) atoms. The lowest BCUT2D eigenvalue weighted by molar-refractivity contribution is 1.79. The van der Waals surface area contributed by atoms with Gasteiger partial charge in [-0.1, -0.05) is 0 Å². The smallest absolute Gasteiger partial charge is 0.0703 e. The summed E-state index contributed by atoms with van der Waals surface area (Å²) >= 11 is 5.41. The minimum Gasteiger partial charge on any atom is -0.192 e. The number of hydrogen-bond donors (Lipinski definition) is 1. The Kier molecular flexibility index (Phi) is 6.27. The van der Waals surface area contributed by atoms with E-state index in [0.717, 1.165) is 11.2 Å². The van der Waals surface area contributed by atoms with Gasteiger partial charge in [0, 0.05) is 11.2 Å². The Morgan fingerprint density at radius 3 is 2.60 bits per heavy atom. The summed E-state index contributed by atoms with van der Waals surface area (Å²) in [6.07, 6.45) is 0. The molecule has 0 unspecified atom stereocenters. The monoisotopic (exact) mass is 145 g/mol. The maximum atomic E-state index is 5.03. The quantitative estimate of drug-likeness (QED) is 0.469. The second-order valence-electron chi connectivity index (χ2n) is 0.260. The maximum Gasteiger partial charge on any atom is 0.0703 e. The molecule has 0 fully saturated rings. The van der Waals surface area contributed by atoms with Gasteiger partial charge in [0.25, 0.3) is 0 Å². The third kappa shape index (κ3) is 5.12. The van der Waals surface area contributed by atoms with Crippen LogP contribution in [0.1, 0.15) is 0 Å². The summed E-state index contributed by atoms with van der Waals surface area (Å²) in [6.45, 7) is 0. The molecule has 0 saturated heterocycles. The van der Waals surface area contributed by atoms with Crippen molar-refractivity contribution in [2.24, 2.45) is 0 Å². The largest absolute Gasteiger partial charge is 0.192 e. The van der Waals surface area contributed by atoms with E-state index in [0.29, 0.717) is 7.51 Å². The summed E-state index contributed by atoms with van der Waals surface area (Å²) in [5.74, 6) is 0. The van der Waals surface area contributed by atoms with Crippen molar-refractivity contribution in [3.8, 4) is 0 Å². The van der Waals surface area contributed by atoms with Crippen LogP contribution in [0.15, 0.2) is 0 Å². The SMILES string of the molecule is S=PNSCl. The van der Waals surface area contributed by atoms with Crippen LogP contribution in [0.25, 0.3) is 0 Å². The van der Waals surface area contributed by atoms with E-state index in [1.807, 2.05) is 0 Å². The minimum absolute atomic E-state index is 0.694. The molecule has 0 aliphatic rings. The third-order valence-electron chi connectivity index (χ3n) is 0.0718. The minimum atomic E-state index is 0.694. The molecule has 0 spiro atoms. The zero-order chi connectivity index (χ0) is 4.12. The molecule has 0 amide bonds. The Bertz CT molecular complexity index is 30.8. The molecule has 0 atom stereocenters. The number of rotatable bonds is 2. The number of halogens is 1. The van der Waals surface area contributed by atoms with Crippen molar-refractivity contribution in [3.05, 3.63) is 0 Å². The molecular weight excluding hydrogens is 145 g/mol.